The molecule has 3 heteroatoms. The zero-order chi connectivity index (χ0) is 18.3. The van der Waals surface area contributed by atoms with Gasteiger partial charge in [-0.2, -0.15) is 0 Å². The normalized spacial score (nSPS) is 11.0. The standard InChI is InChI=1S/C24H24N2O/c1-2-8-19(9-3-1)18-27-24-13-7-4-10-21(24)16-25-15-14-20-17-26-23-12-6-5-11-22(20)23/h1-13,17,25-26H,14-16,18H2. The van der Waals surface area contributed by atoms with Gasteiger partial charge in [0.15, 0.2) is 0 Å². The van der Waals surface area contributed by atoms with Gasteiger partial charge in [0.05, 0.1) is 0 Å². The van der Waals surface area contributed by atoms with E-state index in [1.54, 1.807) is 0 Å². The number of hydrogen-bond donors (Lipinski definition) is 2. The summed E-state index contributed by atoms with van der Waals surface area (Å²) in [6, 6.07) is 27.0. The van der Waals surface area contributed by atoms with E-state index in [1.165, 1.54) is 27.6 Å². The minimum atomic E-state index is 0.590. The molecule has 0 fully saturated rings. The highest BCUT2D eigenvalue weighted by atomic mass is 16.5. The van der Waals surface area contributed by atoms with Crippen molar-refractivity contribution in [1.29, 1.82) is 0 Å². The Hall–Kier alpha value is -3.04. The molecule has 3 aromatic carbocycles. The van der Waals surface area contributed by atoms with Crippen molar-refractivity contribution in [2.75, 3.05) is 6.54 Å². The number of benzene rings is 3. The minimum Gasteiger partial charge on any atom is -0.489 e. The summed E-state index contributed by atoms with van der Waals surface area (Å²) in [5.74, 6) is 0.945. The number of nitrogens with one attached hydrogen (secondary N) is 2. The lowest BCUT2D eigenvalue weighted by atomic mass is 10.1. The van der Waals surface area contributed by atoms with Crippen molar-refractivity contribution in [3.05, 3.63) is 102 Å². The van der Waals surface area contributed by atoms with Crippen LogP contribution in [0.4, 0.5) is 0 Å². The van der Waals surface area contributed by atoms with Crippen molar-refractivity contribution >= 4 is 10.9 Å². The fourth-order valence-electron chi connectivity index (χ4n) is 3.31. The molecule has 4 rings (SSSR count). The number of aromatic amines is 1. The summed E-state index contributed by atoms with van der Waals surface area (Å²) >= 11 is 0. The van der Waals surface area contributed by atoms with Crippen LogP contribution in [0.5, 0.6) is 5.75 Å². The number of rotatable bonds is 8. The van der Waals surface area contributed by atoms with Crippen LogP contribution in [0.25, 0.3) is 10.9 Å². The van der Waals surface area contributed by atoms with Crippen molar-refractivity contribution in [1.82, 2.24) is 10.3 Å². The van der Waals surface area contributed by atoms with Gasteiger partial charge in [0.1, 0.15) is 12.4 Å². The Morgan fingerprint density at radius 3 is 2.48 bits per heavy atom. The maximum atomic E-state index is 6.04. The van der Waals surface area contributed by atoms with E-state index in [9.17, 15) is 0 Å². The second kappa shape index (κ2) is 8.56. The molecule has 4 aromatic rings. The van der Waals surface area contributed by atoms with E-state index in [4.69, 9.17) is 4.74 Å². The van der Waals surface area contributed by atoms with Gasteiger partial charge in [-0.3, -0.25) is 0 Å². The first-order chi connectivity index (χ1) is 13.4. The molecule has 0 radical (unpaired) electrons. The van der Waals surface area contributed by atoms with E-state index in [2.05, 4.69) is 65.0 Å². The molecule has 136 valence electrons. The fraction of sp³-hybridized carbons (Fsp3) is 0.167. The molecule has 0 aliphatic carbocycles. The Morgan fingerprint density at radius 2 is 1.56 bits per heavy atom. The minimum absolute atomic E-state index is 0.590. The molecule has 0 saturated carbocycles. The molecule has 0 aliphatic heterocycles. The topological polar surface area (TPSA) is 37.0 Å². The number of hydrogen-bond acceptors (Lipinski definition) is 2. The lowest BCUT2D eigenvalue weighted by Gasteiger charge is -2.12. The molecule has 3 nitrogen and oxygen atoms in total. The molecule has 0 unspecified atom stereocenters. The molecular weight excluding hydrogens is 332 g/mol. The van der Waals surface area contributed by atoms with Gasteiger partial charge >= 0.3 is 0 Å². The maximum absolute atomic E-state index is 6.04. The Balaban J connectivity index is 1.32. The second-order valence-electron chi connectivity index (χ2n) is 6.67. The summed E-state index contributed by atoms with van der Waals surface area (Å²) in [6.07, 6.45) is 3.11. The van der Waals surface area contributed by atoms with Crippen LogP contribution in [0.3, 0.4) is 0 Å². The number of para-hydroxylation sites is 2. The van der Waals surface area contributed by atoms with Gasteiger partial charge in [0.2, 0.25) is 0 Å². The molecule has 0 bridgehead atoms. The van der Waals surface area contributed by atoms with Crippen LogP contribution in [0.1, 0.15) is 16.7 Å². The predicted octanol–water partition coefficient (Wildman–Crippen LogP) is 5.08. The molecule has 0 saturated heterocycles. The summed E-state index contributed by atoms with van der Waals surface area (Å²) in [6.45, 7) is 2.31. The van der Waals surface area contributed by atoms with Crippen molar-refractivity contribution in [3.63, 3.8) is 0 Å². The van der Waals surface area contributed by atoms with Crippen LogP contribution in [-0.4, -0.2) is 11.5 Å². The van der Waals surface area contributed by atoms with Gasteiger partial charge < -0.3 is 15.0 Å². The molecule has 0 spiro atoms. The van der Waals surface area contributed by atoms with Gasteiger partial charge in [-0.15, -0.1) is 0 Å². The van der Waals surface area contributed by atoms with E-state index in [-0.39, 0.29) is 0 Å². The van der Waals surface area contributed by atoms with Crippen molar-refractivity contribution in [2.45, 2.75) is 19.6 Å². The lowest BCUT2D eigenvalue weighted by Crippen LogP contribution is -2.17. The van der Waals surface area contributed by atoms with Crippen LogP contribution in [0, 0.1) is 0 Å². The van der Waals surface area contributed by atoms with E-state index in [0.29, 0.717) is 6.61 Å². The average molecular weight is 356 g/mol. The van der Waals surface area contributed by atoms with Crippen molar-refractivity contribution in [3.8, 4) is 5.75 Å². The van der Waals surface area contributed by atoms with Crippen molar-refractivity contribution < 1.29 is 4.74 Å². The first-order valence-electron chi connectivity index (χ1n) is 9.40. The van der Waals surface area contributed by atoms with Gasteiger partial charge in [-0.25, -0.2) is 0 Å². The van der Waals surface area contributed by atoms with E-state index >= 15 is 0 Å². The Labute approximate surface area is 160 Å². The molecule has 0 amide bonds. The SMILES string of the molecule is c1ccc(COc2ccccc2CNCCc2c[nH]c3ccccc23)cc1. The predicted molar refractivity (Wildman–Crippen MR) is 111 cm³/mol. The molecule has 27 heavy (non-hydrogen) atoms. The quantitative estimate of drug-likeness (QED) is 0.432. The van der Waals surface area contributed by atoms with Crippen molar-refractivity contribution in [2.24, 2.45) is 0 Å². The van der Waals surface area contributed by atoms with Crippen LogP contribution >= 0.6 is 0 Å². The van der Waals surface area contributed by atoms with Gasteiger partial charge in [0.25, 0.3) is 0 Å². The van der Waals surface area contributed by atoms with Crippen LogP contribution in [-0.2, 0) is 19.6 Å². The first-order valence-corrected chi connectivity index (χ1v) is 9.40. The Morgan fingerprint density at radius 1 is 0.778 bits per heavy atom. The molecule has 1 heterocycles. The van der Waals surface area contributed by atoms with Gasteiger partial charge in [-0.05, 0) is 36.2 Å². The smallest absolute Gasteiger partial charge is 0.124 e. The maximum Gasteiger partial charge on any atom is 0.124 e. The van der Waals surface area contributed by atoms with Gasteiger partial charge in [-0.1, -0.05) is 66.7 Å². The second-order valence-corrected chi connectivity index (χ2v) is 6.67. The lowest BCUT2D eigenvalue weighted by molar-refractivity contribution is 0.302. The monoisotopic (exact) mass is 356 g/mol. The van der Waals surface area contributed by atoms with Crippen LogP contribution in [0.15, 0.2) is 85.1 Å². The molecule has 0 atom stereocenters. The summed E-state index contributed by atoms with van der Waals surface area (Å²) in [5, 5.41) is 4.86. The zero-order valence-electron chi connectivity index (χ0n) is 15.3. The van der Waals surface area contributed by atoms with E-state index < -0.39 is 0 Å². The zero-order valence-corrected chi connectivity index (χ0v) is 15.3. The van der Waals surface area contributed by atoms with Gasteiger partial charge in [0, 0.05) is 29.2 Å². The molecule has 1 aromatic heterocycles. The number of aromatic nitrogens is 1. The summed E-state index contributed by atoms with van der Waals surface area (Å²) in [7, 11) is 0. The Bertz CT molecular complexity index is 991. The molecule has 0 aliphatic rings. The largest absolute Gasteiger partial charge is 0.489 e. The van der Waals surface area contributed by atoms with Crippen LogP contribution in [0.2, 0.25) is 0 Å². The third-order valence-corrected chi connectivity index (χ3v) is 4.77. The number of fused-ring (bicyclic) bond motifs is 1. The summed E-state index contributed by atoms with van der Waals surface area (Å²) in [4.78, 5) is 3.34. The van der Waals surface area contributed by atoms with E-state index in [0.717, 1.165) is 25.3 Å². The summed E-state index contributed by atoms with van der Waals surface area (Å²) < 4.78 is 6.04. The molecular formula is C24H24N2O. The highest BCUT2D eigenvalue weighted by Crippen LogP contribution is 2.20. The number of ether oxygens (including phenoxy) is 1. The fourth-order valence-corrected chi connectivity index (χ4v) is 3.31. The van der Waals surface area contributed by atoms with Crippen LogP contribution < -0.4 is 10.1 Å². The highest BCUT2D eigenvalue weighted by molar-refractivity contribution is 5.83. The average Bonchev–Trinajstić information content (AvgIpc) is 3.14. The number of H-pyrrole nitrogens is 1. The molecule has 2 N–H and O–H groups in total. The van der Waals surface area contributed by atoms with E-state index in [1.807, 2.05) is 30.3 Å². The third kappa shape index (κ3) is 4.39. The summed E-state index contributed by atoms with van der Waals surface area (Å²) in [5.41, 5.74) is 4.92. The Kier molecular flexibility index (Phi) is 5.51. The first kappa shape index (κ1) is 17.4. The third-order valence-electron chi connectivity index (χ3n) is 4.77. The highest BCUT2D eigenvalue weighted by Gasteiger charge is 2.05.